The van der Waals surface area contributed by atoms with Crippen molar-refractivity contribution in [1.82, 2.24) is 5.32 Å². The molecule has 1 N–H and O–H groups in total. The number of halogens is 1. The number of ether oxygens (including phenoxy) is 1. The summed E-state index contributed by atoms with van der Waals surface area (Å²) in [6.07, 6.45) is 3.13. The number of hydrogen-bond acceptors (Lipinski definition) is 3. The first-order chi connectivity index (χ1) is 9.72. The molecule has 0 aliphatic carbocycles. The van der Waals surface area contributed by atoms with E-state index in [1.54, 1.807) is 7.11 Å². The van der Waals surface area contributed by atoms with E-state index in [1.807, 2.05) is 24.3 Å². The van der Waals surface area contributed by atoms with E-state index < -0.39 is 0 Å². The highest BCUT2D eigenvalue weighted by Gasteiger charge is 2.07. The fourth-order valence-corrected chi connectivity index (χ4v) is 2.23. The first kappa shape index (κ1) is 15.1. The SMILES string of the molecule is COCCNCC/C=C(/C)c1cc2cccc(Cl)c2o1. The number of rotatable bonds is 7. The Morgan fingerprint density at radius 3 is 3.00 bits per heavy atom. The van der Waals surface area contributed by atoms with E-state index in [2.05, 4.69) is 18.3 Å². The minimum absolute atomic E-state index is 0.655. The standard InChI is InChI=1S/C16H20ClNO2/c1-12(5-4-8-18-9-10-19-2)15-11-13-6-3-7-14(17)16(13)20-15/h3,5-7,11,18H,4,8-10H2,1-2H3/b12-5-. The van der Waals surface area contributed by atoms with Gasteiger partial charge in [-0.3, -0.25) is 0 Å². The molecule has 4 heteroatoms. The summed E-state index contributed by atoms with van der Waals surface area (Å²) in [5.74, 6) is 0.880. The van der Waals surface area contributed by atoms with E-state index in [0.29, 0.717) is 5.02 Å². The van der Waals surface area contributed by atoms with Gasteiger partial charge in [0.1, 0.15) is 5.76 Å². The zero-order valence-corrected chi connectivity index (χ0v) is 12.7. The van der Waals surface area contributed by atoms with Crippen molar-refractivity contribution in [2.45, 2.75) is 13.3 Å². The zero-order valence-electron chi connectivity index (χ0n) is 11.9. The third-order valence-corrected chi connectivity index (χ3v) is 3.44. The average Bonchev–Trinajstić information content (AvgIpc) is 2.88. The van der Waals surface area contributed by atoms with Crippen LogP contribution in [0.25, 0.3) is 16.5 Å². The normalized spacial score (nSPS) is 12.2. The van der Waals surface area contributed by atoms with Crippen molar-refractivity contribution in [3.05, 3.63) is 41.1 Å². The fourth-order valence-electron chi connectivity index (χ4n) is 2.01. The molecule has 20 heavy (non-hydrogen) atoms. The monoisotopic (exact) mass is 293 g/mol. The van der Waals surface area contributed by atoms with E-state index in [1.165, 1.54) is 0 Å². The van der Waals surface area contributed by atoms with Gasteiger partial charge in [0.2, 0.25) is 0 Å². The molecule has 0 saturated carbocycles. The van der Waals surface area contributed by atoms with Crippen LogP contribution in [0.5, 0.6) is 0 Å². The molecule has 1 aromatic carbocycles. The van der Waals surface area contributed by atoms with Crippen LogP contribution in [0.4, 0.5) is 0 Å². The van der Waals surface area contributed by atoms with Gasteiger partial charge >= 0.3 is 0 Å². The molecule has 1 heterocycles. The number of fused-ring (bicyclic) bond motifs is 1. The first-order valence-electron chi connectivity index (χ1n) is 6.77. The maximum atomic E-state index is 6.12. The van der Waals surface area contributed by atoms with E-state index >= 15 is 0 Å². The van der Waals surface area contributed by atoms with Crippen molar-refractivity contribution in [3.8, 4) is 0 Å². The predicted octanol–water partition coefficient (Wildman–Crippen LogP) is 4.12. The van der Waals surface area contributed by atoms with Crippen LogP contribution in [0.1, 0.15) is 19.1 Å². The van der Waals surface area contributed by atoms with Crippen LogP contribution < -0.4 is 5.32 Å². The van der Waals surface area contributed by atoms with Gasteiger partial charge in [0.05, 0.1) is 11.6 Å². The van der Waals surface area contributed by atoms with Gasteiger partial charge in [-0.2, -0.15) is 0 Å². The van der Waals surface area contributed by atoms with Crippen LogP contribution in [0, 0.1) is 0 Å². The maximum Gasteiger partial charge on any atom is 0.153 e. The van der Waals surface area contributed by atoms with E-state index in [0.717, 1.165) is 48.4 Å². The summed E-state index contributed by atoms with van der Waals surface area (Å²) in [7, 11) is 1.71. The first-order valence-corrected chi connectivity index (χ1v) is 7.15. The summed E-state index contributed by atoms with van der Waals surface area (Å²) < 4.78 is 10.8. The Kier molecular flexibility index (Phi) is 5.65. The second-order valence-electron chi connectivity index (χ2n) is 4.69. The third kappa shape index (κ3) is 3.85. The largest absolute Gasteiger partial charge is 0.455 e. The van der Waals surface area contributed by atoms with Crippen molar-refractivity contribution in [2.75, 3.05) is 26.8 Å². The molecule has 108 valence electrons. The number of allylic oxidation sites excluding steroid dienone is 1. The van der Waals surface area contributed by atoms with Crippen molar-refractivity contribution in [1.29, 1.82) is 0 Å². The van der Waals surface area contributed by atoms with E-state index in [4.69, 9.17) is 20.8 Å². The molecule has 0 aliphatic heterocycles. The lowest BCUT2D eigenvalue weighted by molar-refractivity contribution is 0.199. The Labute approximate surface area is 124 Å². The van der Waals surface area contributed by atoms with Crippen molar-refractivity contribution >= 4 is 28.1 Å². The van der Waals surface area contributed by atoms with Crippen LogP contribution in [-0.2, 0) is 4.74 Å². The van der Waals surface area contributed by atoms with Gasteiger partial charge in [-0.05, 0) is 37.6 Å². The lowest BCUT2D eigenvalue weighted by Gasteiger charge is -2.01. The highest BCUT2D eigenvalue weighted by Crippen LogP contribution is 2.29. The van der Waals surface area contributed by atoms with Crippen molar-refractivity contribution in [3.63, 3.8) is 0 Å². The molecule has 2 rings (SSSR count). The van der Waals surface area contributed by atoms with Crippen LogP contribution in [0.15, 0.2) is 34.8 Å². The number of nitrogens with one attached hydrogen (secondary N) is 1. The molecule has 2 aromatic rings. The summed E-state index contributed by atoms with van der Waals surface area (Å²) in [4.78, 5) is 0. The van der Waals surface area contributed by atoms with Crippen molar-refractivity contribution < 1.29 is 9.15 Å². The molecule has 0 amide bonds. The highest BCUT2D eigenvalue weighted by molar-refractivity contribution is 6.34. The quantitative estimate of drug-likeness (QED) is 0.780. The third-order valence-electron chi connectivity index (χ3n) is 3.14. The molecule has 0 spiro atoms. The molecule has 0 saturated heterocycles. The molecule has 0 atom stereocenters. The molecule has 3 nitrogen and oxygen atoms in total. The summed E-state index contributed by atoms with van der Waals surface area (Å²) in [5, 5.41) is 5.00. The Hall–Kier alpha value is -1.29. The average molecular weight is 294 g/mol. The van der Waals surface area contributed by atoms with Gasteiger partial charge in [0.15, 0.2) is 5.58 Å². The Morgan fingerprint density at radius 1 is 1.40 bits per heavy atom. The molecule has 1 aromatic heterocycles. The Balaban J connectivity index is 1.96. The Bertz CT molecular complexity index is 589. The van der Waals surface area contributed by atoms with E-state index in [-0.39, 0.29) is 0 Å². The van der Waals surface area contributed by atoms with Crippen LogP contribution >= 0.6 is 11.6 Å². The second kappa shape index (κ2) is 7.48. The summed E-state index contributed by atoms with van der Waals surface area (Å²) >= 11 is 6.12. The highest BCUT2D eigenvalue weighted by atomic mass is 35.5. The lowest BCUT2D eigenvalue weighted by atomic mass is 10.2. The minimum Gasteiger partial charge on any atom is -0.455 e. The number of methoxy groups -OCH3 is 1. The van der Waals surface area contributed by atoms with Crippen molar-refractivity contribution in [2.24, 2.45) is 0 Å². The van der Waals surface area contributed by atoms with Gasteiger partial charge in [-0.25, -0.2) is 0 Å². The molecule has 0 fully saturated rings. The van der Waals surface area contributed by atoms with Gasteiger partial charge in [-0.15, -0.1) is 0 Å². The molecule has 0 radical (unpaired) electrons. The smallest absolute Gasteiger partial charge is 0.153 e. The second-order valence-corrected chi connectivity index (χ2v) is 5.09. The number of para-hydroxylation sites is 1. The molecular formula is C16H20ClNO2. The zero-order chi connectivity index (χ0) is 14.4. The fraction of sp³-hybridized carbons (Fsp3) is 0.375. The number of benzene rings is 1. The number of furan rings is 1. The van der Waals surface area contributed by atoms with E-state index in [9.17, 15) is 0 Å². The molecule has 0 aliphatic rings. The minimum atomic E-state index is 0.655. The van der Waals surface area contributed by atoms with Gasteiger partial charge in [0.25, 0.3) is 0 Å². The van der Waals surface area contributed by atoms with Gasteiger partial charge in [-0.1, -0.05) is 29.8 Å². The topological polar surface area (TPSA) is 34.4 Å². The summed E-state index contributed by atoms with van der Waals surface area (Å²) in [6.45, 7) is 4.61. The molecule has 0 bridgehead atoms. The lowest BCUT2D eigenvalue weighted by Crippen LogP contribution is -2.19. The predicted molar refractivity (Wildman–Crippen MR) is 84.2 cm³/mol. The molecular weight excluding hydrogens is 274 g/mol. The number of hydrogen-bond donors (Lipinski definition) is 1. The van der Waals surface area contributed by atoms with Gasteiger partial charge in [0, 0.05) is 19.0 Å². The Morgan fingerprint density at radius 2 is 2.25 bits per heavy atom. The van der Waals surface area contributed by atoms with Gasteiger partial charge < -0.3 is 14.5 Å². The maximum absolute atomic E-state index is 6.12. The van der Waals surface area contributed by atoms with Crippen LogP contribution in [0.3, 0.4) is 0 Å². The summed E-state index contributed by atoms with van der Waals surface area (Å²) in [6, 6.07) is 7.82. The summed E-state index contributed by atoms with van der Waals surface area (Å²) in [5.41, 5.74) is 1.89. The molecule has 0 unspecified atom stereocenters. The van der Waals surface area contributed by atoms with Crippen LogP contribution in [0.2, 0.25) is 5.02 Å². The van der Waals surface area contributed by atoms with Crippen LogP contribution in [-0.4, -0.2) is 26.8 Å².